The molecule has 4 nitrogen and oxygen atoms in total. The molecule has 0 aliphatic heterocycles. The molecule has 1 rings (SSSR count). The minimum atomic E-state index is -0.404. The van der Waals surface area contributed by atoms with Gasteiger partial charge in [-0.2, -0.15) is 0 Å². The van der Waals surface area contributed by atoms with Gasteiger partial charge in [0.2, 0.25) is 0 Å². The number of aromatic nitrogens is 1. The fourth-order valence-electron chi connectivity index (χ4n) is 1.79. The first kappa shape index (κ1) is 15.5. The van der Waals surface area contributed by atoms with Crippen LogP contribution in [0.15, 0.2) is 18.4 Å². The number of esters is 1. The second kappa shape index (κ2) is 7.14. The highest BCUT2D eigenvalue weighted by Crippen LogP contribution is 2.20. The molecule has 0 unspecified atom stereocenters. The number of hydrogen-bond acceptors (Lipinski definition) is 4. The topological polar surface area (TPSA) is 48.4 Å². The zero-order valence-corrected chi connectivity index (χ0v) is 12.2. The van der Waals surface area contributed by atoms with Crippen LogP contribution in [0.5, 0.6) is 0 Å². The van der Waals surface area contributed by atoms with Gasteiger partial charge in [-0.05, 0) is 31.9 Å². The van der Waals surface area contributed by atoms with Gasteiger partial charge in [0.05, 0.1) is 30.7 Å². The third kappa shape index (κ3) is 4.24. The minimum Gasteiger partial charge on any atom is -0.499 e. The van der Waals surface area contributed by atoms with Crippen molar-refractivity contribution in [2.24, 2.45) is 0 Å². The normalized spacial score (nSPS) is 10.1. The molecule has 104 valence electrons. The lowest BCUT2D eigenvalue weighted by Crippen LogP contribution is -2.11. The maximum atomic E-state index is 11.8. The molecular formula is C14H18ClNO3. The summed E-state index contributed by atoms with van der Waals surface area (Å²) in [5, 5.41) is 0.363. The number of carbonyl (C=O) groups excluding carboxylic acids is 1. The van der Waals surface area contributed by atoms with E-state index in [9.17, 15) is 4.79 Å². The summed E-state index contributed by atoms with van der Waals surface area (Å²) in [7, 11) is 1.35. The molecule has 0 bridgehead atoms. The number of hydrogen-bond donors (Lipinski definition) is 0. The van der Waals surface area contributed by atoms with Crippen molar-refractivity contribution < 1.29 is 14.3 Å². The monoisotopic (exact) mass is 283 g/mol. The van der Waals surface area contributed by atoms with Gasteiger partial charge in [-0.1, -0.05) is 18.2 Å². The molecule has 0 aliphatic rings. The van der Waals surface area contributed by atoms with Gasteiger partial charge in [0.1, 0.15) is 5.15 Å². The first-order valence-corrected chi connectivity index (χ1v) is 6.42. The van der Waals surface area contributed by atoms with Crippen molar-refractivity contribution in [3.05, 3.63) is 40.4 Å². The van der Waals surface area contributed by atoms with Gasteiger partial charge in [0.15, 0.2) is 0 Å². The highest BCUT2D eigenvalue weighted by Gasteiger charge is 2.17. The number of carbonyl (C=O) groups is 1. The fraction of sp³-hybridized carbons (Fsp3) is 0.429. The number of aryl methyl sites for hydroxylation is 2. The summed E-state index contributed by atoms with van der Waals surface area (Å²) in [6, 6.07) is 1.65. The third-order valence-electron chi connectivity index (χ3n) is 2.64. The first-order valence-electron chi connectivity index (χ1n) is 6.04. The van der Waals surface area contributed by atoms with Gasteiger partial charge in [-0.25, -0.2) is 9.78 Å². The molecular weight excluding hydrogens is 266 g/mol. The van der Waals surface area contributed by atoms with Crippen molar-refractivity contribution in [1.29, 1.82) is 0 Å². The number of allylic oxidation sites excluding steroid dienone is 1. The van der Waals surface area contributed by atoms with E-state index in [0.717, 1.165) is 5.56 Å². The summed E-state index contributed by atoms with van der Waals surface area (Å²) < 4.78 is 10.1. The standard InChI is InChI=1S/C14H18ClNO3/c1-5-19-10(3)6-7-11-13(14(17)18-4)9(2)8-12(15)16-11/h8H,3,5-7H2,1-2,4H3. The molecule has 19 heavy (non-hydrogen) atoms. The van der Waals surface area contributed by atoms with E-state index in [0.29, 0.717) is 41.6 Å². The van der Waals surface area contributed by atoms with Gasteiger partial charge >= 0.3 is 5.97 Å². The Kier molecular flexibility index (Phi) is 5.83. The van der Waals surface area contributed by atoms with Crippen LogP contribution in [-0.2, 0) is 15.9 Å². The summed E-state index contributed by atoms with van der Waals surface area (Å²) >= 11 is 5.93. The Labute approximate surface area is 118 Å². The van der Waals surface area contributed by atoms with Crippen LogP contribution in [0.2, 0.25) is 5.15 Å². The number of ether oxygens (including phenoxy) is 2. The van der Waals surface area contributed by atoms with Crippen LogP contribution >= 0.6 is 11.6 Å². The predicted molar refractivity (Wildman–Crippen MR) is 74.4 cm³/mol. The summed E-state index contributed by atoms with van der Waals surface area (Å²) in [5.74, 6) is 0.261. The Bertz CT molecular complexity index is 486. The smallest absolute Gasteiger partial charge is 0.339 e. The lowest BCUT2D eigenvalue weighted by molar-refractivity contribution is 0.0598. The SMILES string of the molecule is C=C(CCc1nc(Cl)cc(C)c1C(=O)OC)OCC. The zero-order chi connectivity index (χ0) is 14.4. The van der Waals surface area contributed by atoms with Crippen molar-refractivity contribution in [1.82, 2.24) is 4.98 Å². The third-order valence-corrected chi connectivity index (χ3v) is 2.83. The summed E-state index contributed by atoms with van der Waals surface area (Å²) in [5.41, 5.74) is 1.83. The molecule has 0 atom stereocenters. The van der Waals surface area contributed by atoms with Crippen LogP contribution in [0, 0.1) is 6.92 Å². The number of pyridine rings is 1. The molecule has 0 N–H and O–H groups in total. The highest BCUT2D eigenvalue weighted by atomic mass is 35.5. The molecule has 0 radical (unpaired) electrons. The largest absolute Gasteiger partial charge is 0.499 e. The van der Waals surface area contributed by atoms with Crippen molar-refractivity contribution in [2.45, 2.75) is 26.7 Å². The van der Waals surface area contributed by atoms with E-state index in [2.05, 4.69) is 11.6 Å². The van der Waals surface area contributed by atoms with Gasteiger partial charge in [-0.3, -0.25) is 0 Å². The maximum absolute atomic E-state index is 11.8. The van der Waals surface area contributed by atoms with Crippen molar-refractivity contribution in [2.75, 3.05) is 13.7 Å². The Hall–Kier alpha value is -1.55. The predicted octanol–water partition coefficient (Wildman–Crippen LogP) is 3.31. The molecule has 0 fully saturated rings. The summed E-state index contributed by atoms with van der Waals surface area (Å²) in [6.07, 6.45) is 1.12. The second-order valence-electron chi connectivity index (χ2n) is 4.05. The molecule has 0 saturated carbocycles. The fourth-order valence-corrected chi connectivity index (χ4v) is 2.06. The van der Waals surface area contributed by atoms with E-state index < -0.39 is 5.97 Å². The lowest BCUT2D eigenvalue weighted by Gasteiger charge is -2.11. The molecule has 1 aromatic rings. The molecule has 5 heteroatoms. The first-order chi connectivity index (χ1) is 8.99. The van der Waals surface area contributed by atoms with Crippen LogP contribution in [0.25, 0.3) is 0 Å². The van der Waals surface area contributed by atoms with E-state index in [1.807, 2.05) is 6.92 Å². The number of methoxy groups -OCH3 is 1. The number of halogens is 1. The Balaban J connectivity index is 2.98. The highest BCUT2D eigenvalue weighted by molar-refractivity contribution is 6.29. The van der Waals surface area contributed by atoms with Gasteiger partial charge in [-0.15, -0.1) is 0 Å². The number of nitrogens with zero attached hydrogens (tertiary/aromatic N) is 1. The maximum Gasteiger partial charge on any atom is 0.339 e. The van der Waals surface area contributed by atoms with Crippen LogP contribution < -0.4 is 0 Å². The summed E-state index contributed by atoms with van der Waals surface area (Å²) in [4.78, 5) is 16.0. The molecule has 1 aromatic heterocycles. The summed E-state index contributed by atoms with van der Waals surface area (Å²) in [6.45, 7) is 8.08. The van der Waals surface area contributed by atoms with Crippen LogP contribution in [0.4, 0.5) is 0 Å². The Morgan fingerprint density at radius 3 is 2.79 bits per heavy atom. The quantitative estimate of drug-likeness (QED) is 0.456. The van der Waals surface area contributed by atoms with Crippen molar-refractivity contribution in [3.8, 4) is 0 Å². The Morgan fingerprint density at radius 1 is 1.53 bits per heavy atom. The number of rotatable bonds is 6. The van der Waals surface area contributed by atoms with Gasteiger partial charge < -0.3 is 9.47 Å². The second-order valence-corrected chi connectivity index (χ2v) is 4.43. The van der Waals surface area contributed by atoms with Gasteiger partial charge in [0.25, 0.3) is 0 Å². The van der Waals surface area contributed by atoms with E-state index in [1.165, 1.54) is 7.11 Å². The van der Waals surface area contributed by atoms with Crippen molar-refractivity contribution >= 4 is 17.6 Å². The molecule has 0 saturated heterocycles. The van der Waals surface area contributed by atoms with Crippen LogP contribution in [0.1, 0.15) is 35.0 Å². The Morgan fingerprint density at radius 2 is 2.21 bits per heavy atom. The average Bonchev–Trinajstić information content (AvgIpc) is 2.35. The van der Waals surface area contributed by atoms with Crippen LogP contribution in [-0.4, -0.2) is 24.7 Å². The molecule has 0 amide bonds. The van der Waals surface area contributed by atoms with Crippen molar-refractivity contribution in [3.63, 3.8) is 0 Å². The van der Waals surface area contributed by atoms with E-state index in [4.69, 9.17) is 21.1 Å². The zero-order valence-electron chi connectivity index (χ0n) is 11.5. The van der Waals surface area contributed by atoms with Crippen LogP contribution in [0.3, 0.4) is 0 Å². The molecule has 0 aliphatic carbocycles. The molecule has 0 spiro atoms. The molecule has 0 aromatic carbocycles. The lowest BCUT2D eigenvalue weighted by atomic mass is 10.0. The average molecular weight is 284 g/mol. The van der Waals surface area contributed by atoms with E-state index in [1.54, 1.807) is 13.0 Å². The minimum absolute atomic E-state index is 0.363. The molecule has 1 heterocycles. The van der Waals surface area contributed by atoms with E-state index >= 15 is 0 Å². The van der Waals surface area contributed by atoms with Gasteiger partial charge in [0, 0.05) is 6.42 Å². The van der Waals surface area contributed by atoms with E-state index in [-0.39, 0.29) is 0 Å².